The summed E-state index contributed by atoms with van der Waals surface area (Å²) in [7, 11) is 0. The summed E-state index contributed by atoms with van der Waals surface area (Å²) in [5.74, 6) is -0.223. The molecule has 5 aromatic rings. The number of amides is 2. The van der Waals surface area contributed by atoms with Crippen molar-refractivity contribution in [1.82, 2.24) is 20.2 Å². The van der Waals surface area contributed by atoms with Gasteiger partial charge in [-0.3, -0.25) is 9.59 Å². The summed E-state index contributed by atoms with van der Waals surface area (Å²) in [6.07, 6.45) is 1.86. The number of nitrogens with one attached hydrogen (secondary N) is 2. The topological polar surface area (TPSA) is 76.0 Å². The molecule has 2 amide bonds. The third kappa shape index (κ3) is 5.47. The molecule has 0 unspecified atom stereocenters. The maximum absolute atomic E-state index is 12.6. The molecule has 0 saturated heterocycles. The van der Waals surface area contributed by atoms with Crippen molar-refractivity contribution in [2.24, 2.45) is 0 Å². The van der Waals surface area contributed by atoms with Crippen LogP contribution in [-0.4, -0.2) is 21.4 Å². The van der Waals surface area contributed by atoms with Crippen LogP contribution in [0.2, 0.25) is 0 Å². The van der Waals surface area contributed by atoms with E-state index < -0.39 is 0 Å². The average molecular weight is 481 g/mol. The van der Waals surface area contributed by atoms with Crippen molar-refractivity contribution in [3.63, 3.8) is 0 Å². The fraction of sp³-hybridized carbons (Fsp3) is 0.107. The van der Waals surface area contributed by atoms with Gasteiger partial charge in [0.05, 0.1) is 22.2 Å². The van der Waals surface area contributed by atoms with Gasteiger partial charge in [-0.1, -0.05) is 54.6 Å². The number of carbonyl (C=O) groups excluding carboxylic acids is 2. The van der Waals surface area contributed by atoms with Crippen molar-refractivity contribution < 1.29 is 9.59 Å². The molecule has 7 heteroatoms. The van der Waals surface area contributed by atoms with E-state index in [0.29, 0.717) is 23.5 Å². The first-order valence-corrected chi connectivity index (χ1v) is 12.2. The highest BCUT2D eigenvalue weighted by Crippen LogP contribution is 2.15. The summed E-state index contributed by atoms with van der Waals surface area (Å²) < 4.78 is 2.13. The van der Waals surface area contributed by atoms with E-state index >= 15 is 0 Å². The van der Waals surface area contributed by atoms with Gasteiger partial charge in [0.2, 0.25) is 0 Å². The Kier molecular flexibility index (Phi) is 6.68. The summed E-state index contributed by atoms with van der Waals surface area (Å²) in [6.45, 7) is 1.61. The molecule has 0 fully saturated rings. The van der Waals surface area contributed by atoms with Crippen molar-refractivity contribution in [3.8, 4) is 0 Å². The zero-order valence-electron chi connectivity index (χ0n) is 19.0. The van der Waals surface area contributed by atoms with Crippen LogP contribution in [0.3, 0.4) is 0 Å². The fourth-order valence-corrected chi connectivity index (χ4v) is 4.47. The minimum Gasteiger partial charge on any atom is -0.348 e. The summed E-state index contributed by atoms with van der Waals surface area (Å²) in [5.41, 5.74) is 5.83. The SMILES string of the molecule is O=C(NCc1ccc(Cn2cnc3ccccc32)cc1)c1ccc(CNC(=O)c2cccs2)cc1. The number of fused-ring (bicyclic) bond motifs is 1. The Morgan fingerprint density at radius 3 is 2.11 bits per heavy atom. The predicted molar refractivity (Wildman–Crippen MR) is 138 cm³/mol. The Morgan fingerprint density at radius 1 is 0.743 bits per heavy atom. The summed E-state index contributed by atoms with van der Waals surface area (Å²) in [6, 6.07) is 27.2. The van der Waals surface area contributed by atoms with Gasteiger partial charge >= 0.3 is 0 Å². The monoisotopic (exact) mass is 480 g/mol. The molecule has 174 valence electrons. The van der Waals surface area contributed by atoms with Crippen LogP contribution in [0.5, 0.6) is 0 Å². The summed E-state index contributed by atoms with van der Waals surface area (Å²) >= 11 is 1.41. The van der Waals surface area contributed by atoms with Crippen molar-refractivity contribution in [2.75, 3.05) is 0 Å². The Morgan fingerprint density at radius 2 is 1.40 bits per heavy atom. The second-order valence-electron chi connectivity index (χ2n) is 8.22. The van der Waals surface area contributed by atoms with Gasteiger partial charge in [0.1, 0.15) is 0 Å². The van der Waals surface area contributed by atoms with Crippen LogP contribution in [0.25, 0.3) is 11.0 Å². The quantitative estimate of drug-likeness (QED) is 0.328. The Bertz CT molecular complexity index is 1440. The number of para-hydroxylation sites is 2. The Labute approximate surface area is 207 Å². The average Bonchev–Trinajstić information content (AvgIpc) is 3.58. The van der Waals surface area contributed by atoms with Crippen LogP contribution in [-0.2, 0) is 19.6 Å². The molecule has 2 N–H and O–H groups in total. The third-order valence-electron chi connectivity index (χ3n) is 5.77. The second-order valence-corrected chi connectivity index (χ2v) is 9.16. The second kappa shape index (κ2) is 10.4. The maximum atomic E-state index is 12.6. The van der Waals surface area contributed by atoms with Gasteiger partial charge in [-0.15, -0.1) is 11.3 Å². The molecule has 0 saturated carbocycles. The van der Waals surface area contributed by atoms with Gasteiger partial charge in [-0.05, 0) is 52.4 Å². The van der Waals surface area contributed by atoms with Gasteiger partial charge in [0.15, 0.2) is 0 Å². The molecule has 0 bridgehead atoms. The molecule has 0 aliphatic rings. The van der Waals surface area contributed by atoms with Crippen molar-refractivity contribution in [1.29, 1.82) is 0 Å². The number of nitrogens with zero attached hydrogens (tertiary/aromatic N) is 2. The van der Waals surface area contributed by atoms with E-state index in [-0.39, 0.29) is 11.8 Å². The van der Waals surface area contributed by atoms with E-state index in [0.717, 1.165) is 28.7 Å². The first-order valence-electron chi connectivity index (χ1n) is 11.3. The number of thiophene rings is 1. The lowest BCUT2D eigenvalue weighted by Gasteiger charge is -2.09. The lowest BCUT2D eigenvalue weighted by molar-refractivity contribution is 0.0943. The summed E-state index contributed by atoms with van der Waals surface area (Å²) in [4.78, 5) is 29.7. The number of benzene rings is 3. The molecule has 0 atom stereocenters. The van der Waals surface area contributed by atoms with E-state index in [4.69, 9.17) is 0 Å². The number of hydrogen-bond donors (Lipinski definition) is 2. The number of carbonyl (C=O) groups is 2. The molecule has 3 aromatic carbocycles. The molecule has 0 radical (unpaired) electrons. The highest BCUT2D eigenvalue weighted by Gasteiger charge is 2.08. The van der Waals surface area contributed by atoms with Gasteiger partial charge in [-0.25, -0.2) is 4.98 Å². The minimum atomic E-state index is -0.131. The molecule has 0 aliphatic heterocycles. The van der Waals surface area contributed by atoms with Crippen molar-refractivity contribution >= 4 is 34.2 Å². The Hall–Kier alpha value is -4.23. The van der Waals surface area contributed by atoms with Crippen LogP contribution in [0, 0.1) is 0 Å². The summed E-state index contributed by atoms with van der Waals surface area (Å²) in [5, 5.41) is 7.73. The number of aromatic nitrogens is 2. The highest BCUT2D eigenvalue weighted by atomic mass is 32.1. The van der Waals surface area contributed by atoms with Gasteiger partial charge in [0, 0.05) is 25.2 Å². The number of imidazole rings is 1. The van der Waals surface area contributed by atoms with Crippen LogP contribution < -0.4 is 10.6 Å². The molecular formula is C28H24N4O2S. The highest BCUT2D eigenvalue weighted by molar-refractivity contribution is 7.12. The maximum Gasteiger partial charge on any atom is 0.261 e. The Balaban J connectivity index is 1.12. The number of rotatable bonds is 8. The zero-order chi connectivity index (χ0) is 24.0. The van der Waals surface area contributed by atoms with Crippen molar-refractivity contribution in [2.45, 2.75) is 19.6 Å². The predicted octanol–water partition coefficient (Wildman–Crippen LogP) is 5.01. The van der Waals surface area contributed by atoms with Crippen LogP contribution in [0.4, 0.5) is 0 Å². The standard InChI is InChI=1S/C28H24N4O2S/c33-27(23-13-11-21(12-14-23)17-30-28(34)26-6-3-15-35-26)29-16-20-7-9-22(10-8-20)18-32-19-31-24-4-1-2-5-25(24)32/h1-15,19H,16-18H2,(H,29,33)(H,30,34). The normalized spacial score (nSPS) is 10.9. The van der Waals surface area contributed by atoms with E-state index in [9.17, 15) is 9.59 Å². The molecule has 35 heavy (non-hydrogen) atoms. The van der Waals surface area contributed by atoms with Crippen molar-refractivity contribution in [3.05, 3.63) is 124 Å². The van der Waals surface area contributed by atoms with E-state index in [2.05, 4.69) is 38.4 Å². The molecule has 6 nitrogen and oxygen atoms in total. The molecular weight excluding hydrogens is 456 g/mol. The van der Waals surface area contributed by atoms with Crippen LogP contribution in [0.15, 0.2) is 96.6 Å². The van der Waals surface area contributed by atoms with E-state index in [1.54, 1.807) is 18.2 Å². The molecule has 5 rings (SSSR count). The largest absolute Gasteiger partial charge is 0.348 e. The van der Waals surface area contributed by atoms with Crippen LogP contribution >= 0.6 is 11.3 Å². The molecule has 0 spiro atoms. The zero-order valence-corrected chi connectivity index (χ0v) is 19.8. The number of hydrogen-bond acceptors (Lipinski definition) is 4. The van der Waals surface area contributed by atoms with Crippen LogP contribution in [0.1, 0.15) is 36.7 Å². The lowest BCUT2D eigenvalue weighted by atomic mass is 10.1. The minimum absolute atomic E-state index is 0.0915. The first-order chi connectivity index (χ1) is 17.2. The van der Waals surface area contributed by atoms with Gasteiger partial charge in [-0.2, -0.15) is 0 Å². The lowest BCUT2D eigenvalue weighted by Crippen LogP contribution is -2.23. The molecule has 0 aliphatic carbocycles. The van der Waals surface area contributed by atoms with E-state index in [1.807, 2.05) is 60.2 Å². The van der Waals surface area contributed by atoms with Gasteiger partial charge < -0.3 is 15.2 Å². The fourth-order valence-electron chi connectivity index (χ4n) is 3.83. The smallest absolute Gasteiger partial charge is 0.261 e. The molecule has 2 aromatic heterocycles. The molecule has 2 heterocycles. The van der Waals surface area contributed by atoms with Gasteiger partial charge in [0.25, 0.3) is 11.8 Å². The third-order valence-corrected chi connectivity index (χ3v) is 6.64. The first kappa shape index (κ1) is 22.6. The van der Waals surface area contributed by atoms with E-state index in [1.165, 1.54) is 16.9 Å².